The van der Waals surface area contributed by atoms with Gasteiger partial charge in [0.25, 0.3) is 0 Å². The zero-order valence-corrected chi connectivity index (χ0v) is 13.5. The van der Waals surface area contributed by atoms with Gasteiger partial charge in [0.15, 0.2) is 0 Å². The Morgan fingerprint density at radius 2 is 1.56 bits per heavy atom. The Morgan fingerprint density at radius 3 is 2.00 bits per heavy atom. The van der Waals surface area contributed by atoms with Crippen LogP contribution in [0.3, 0.4) is 0 Å². The van der Waals surface area contributed by atoms with E-state index in [1.165, 1.54) is 31.2 Å². The van der Waals surface area contributed by atoms with Gasteiger partial charge in [-0.2, -0.15) is 0 Å². The van der Waals surface area contributed by atoms with Gasteiger partial charge in [0.05, 0.1) is 0 Å². The minimum absolute atomic E-state index is 0.306. The molecule has 1 N–H and O–H groups in total. The molecule has 18 heavy (non-hydrogen) atoms. The first-order valence-electron chi connectivity index (χ1n) is 7.15. The van der Waals surface area contributed by atoms with Crippen LogP contribution in [-0.2, 0) is 5.41 Å². The average molecular weight is 312 g/mol. The first-order valence-corrected chi connectivity index (χ1v) is 7.94. The number of likely N-dealkylation sites (N-methyl/N-ethyl adjacent to an activating group) is 1. The Balaban J connectivity index is 3.01. The molecular formula is C16H26BrN. The van der Waals surface area contributed by atoms with Crippen LogP contribution in [0, 0.1) is 0 Å². The smallest absolute Gasteiger partial charge is 0.0175 e. The average Bonchev–Trinajstić information content (AvgIpc) is 2.37. The van der Waals surface area contributed by atoms with Crippen molar-refractivity contribution in [1.82, 2.24) is 5.32 Å². The van der Waals surface area contributed by atoms with Crippen molar-refractivity contribution in [3.63, 3.8) is 0 Å². The molecule has 0 aromatic heterocycles. The molecule has 0 radical (unpaired) electrons. The highest BCUT2D eigenvalue weighted by Gasteiger charge is 2.29. The predicted molar refractivity (Wildman–Crippen MR) is 84.2 cm³/mol. The summed E-state index contributed by atoms with van der Waals surface area (Å²) in [5, 5.41) is 3.56. The van der Waals surface area contributed by atoms with Crippen LogP contribution < -0.4 is 5.32 Å². The quantitative estimate of drug-likeness (QED) is 0.720. The fourth-order valence-electron chi connectivity index (χ4n) is 2.82. The monoisotopic (exact) mass is 311 g/mol. The third-order valence-electron chi connectivity index (χ3n) is 3.63. The van der Waals surface area contributed by atoms with E-state index in [0.717, 1.165) is 17.6 Å². The van der Waals surface area contributed by atoms with Crippen LogP contribution in [0.15, 0.2) is 28.7 Å². The lowest BCUT2D eigenvalue weighted by Crippen LogP contribution is -2.38. The van der Waals surface area contributed by atoms with Gasteiger partial charge in [-0.15, -0.1) is 0 Å². The molecular weight excluding hydrogens is 286 g/mol. The van der Waals surface area contributed by atoms with E-state index < -0.39 is 0 Å². The molecule has 0 fully saturated rings. The number of halogens is 1. The molecule has 1 aromatic carbocycles. The second-order valence-corrected chi connectivity index (χ2v) is 5.98. The van der Waals surface area contributed by atoms with Crippen LogP contribution in [0.25, 0.3) is 0 Å². The van der Waals surface area contributed by atoms with Crippen LogP contribution in [-0.4, -0.2) is 13.1 Å². The molecule has 0 spiro atoms. The van der Waals surface area contributed by atoms with Crippen LogP contribution in [0.1, 0.15) is 52.0 Å². The van der Waals surface area contributed by atoms with Gasteiger partial charge < -0.3 is 5.32 Å². The third kappa shape index (κ3) is 4.10. The molecule has 0 aliphatic rings. The number of nitrogens with one attached hydrogen (secondary N) is 1. The summed E-state index contributed by atoms with van der Waals surface area (Å²) >= 11 is 3.53. The highest BCUT2D eigenvalue weighted by Crippen LogP contribution is 2.34. The van der Waals surface area contributed by atoms with Gasteiger partial charge in [-0.25, -0.2) is 0 Å². The molecule has 1 aromatic rings. The summed E-state index contributed by atoms with van der Waals surface area (Å²) in [5.41, 5.74) is 1.79. The second-order valence-electron chi connectivity index (χ2n) is 5.07. The summed E-state index contributed by atoms with van der Waals surface area (Å²) in [6.07, 6.45) is 4.99. The summed E-state index contributed by atoms with van der Waals surface area (Å²) < 4.78 is 1.16. The molecule has 0 saturated carbocycles. The van der Waals surface area contributed by atoms with Gasteiger partial charge in [-0.3, -0.25) is 0 Å². The molecule has 0 bridgehead atoms. The fourth-order valence-corrected chi connectivity index (χ4v) is 3.08. The standard InChI is InChI=1S/C16H26BrN/c1-4-11-16(12-5-2,13-18-6-3)14-7-9-15(17)10-8-14/h7-10,18H,4-6,11-13H2,1-3H3. The van der Waals surface area contributed by atoms with E-state index in [1.807, 2.05) is 0 Å². The van der Waals surface area contributed by atoms with Crippen molar-refractivity contribution in [3.05, 3.63) is 34.3 Å². The molecule has 0 saturated heterocycles. The van der Waals surface area contributed by atoms with Crippen LogP contribution in [0.5, 0.6) is 0 Å². The summed E-state index contributed by atoms with van der Waals surface area (Å²) in [7, 11) is 0. The Labute approximate surface area is 120 Å². The van der Waals surface area contributed by atoms with Crippen LogP contribution in [0.2, 0.25) is 0 Å². The van der Waals surface area contributed by atoms with Gasteiger partial charge >= 0.3 is 0 Å². The van der Waals surface area contributed by atoms with Crippen LogP contribution >= 0.6 is 15.9 Å². The molecule has 0 amide bonds. The molecule has 0 aliphatic carbocycles. The van der Waals surface area contributed by atoms with E-state index in [1.54, 1.807) is 0 Å². The highest BCUT2D eigenvalue weighted by molar-refractivity contribution is 9.10. The fraction of sp³-hybridized carbons (Fsp3) is 0.625. The highest BCUT2D eigenvalue weighted by atomic mass is 79.9. The van der Waals surface area contributed by atoms with Gasteiger partial charge in [-0.05, 0) is 37.1 Å². The Morgan fingerprint density at radius 1 is 1.00 bits per heavy atom. The third-order valence-corrected chi connectivity index (χ3v) is 4.16. The largest absolute Gasteiger partial charge is 0.316 e. The number of benzene rings is 1. The minimum Gasteiger partial charge on any atom is -0.316 e. The Bertz CT molecular complexity index is 325. The summed E-state index contributed by atoms with van der Waals surface area (Å²) in [6, 6.07) is 8.90. The predicted octanol–water partition coefficient (Wildman–Crippen LogP) is 4.90. The summed E-state index contributed by atoms with van der Waals surface area (Å²) in [5.74, 6) is 0. The number of rotatable bonds is 8. The molecule has 102 valence electrons. The second kappa shape index (κ2) is 7.96. The molecule has 0 atom stereocenters. The van der Waals surface area contributed by atoms with Gasteiger partial charge in [0.2, 0.25) is 0 Å². The lowest BCUT2D eigenvalue weighted by molar-refractivity contribution is 0.338. The Hall–Kier alpha value is -0.340. The maximum absolute atomic E-state index is 3.56. The van der Waals surface area contributed by atoms with Crippen molar-refractivity contribution in [2.45, 2.75) is 51.9 Å². The molecule has 0 heterocycles. The zero-order chi connectivity index (χ0) is 13.4. The van der Waals surface area contributed by atoms with Crippen LogP contribution in [0.4, 0.5) is 0 Å². The SMILES string of the molecule is CCCC(CCC)(CNCC)c1ccc(Br)cc1. The van der Waals surface area contributed by atoms with E-state index in [-0.39, 0.29) is 0 Å². The lowest BCUT2D eigenvalue weighted by Gasteiger charge is -2.34. The maximum Gasteiger partial charge on any atom is 0.0175 e. The van der Waals surface area contributed by atoms with Crippen molar-refractivity contribution < 1.29 is 0 Å². The summed E-state index contributed by atoms with van der Waals surface area (Å²) in [6.45, 7) is 8.90. The van der Waals surface area contributed by atoms with Crippen molar-refractivity contribution in [2.75, 3.05) is 13.1 Å². The first-order chi connectivity index (χ1) is 8.68. The molecule has 0 aliphatic heterocycles. The molecule has 2 heteroatoms. The normalized spacial score (nSPS) is 11.8. The van der Waals surface area contributed by atoms with Crippen molar-refractivity contribution in [2.24, 2.45) is 0 Å². The van der Waals surface area contributed by atoms with E-state index in [0.29, 0.717) is 5.41 Å². The van der Waals surface area contributed by atoms with Gasteiger partial charge in [0, 0.05) is 16.4 Å². The maximum atomic E-state index is 3.56. The summed E-state index contributed by atoms with van der Waals surface area (Å²) in [4.78, 5) is 0. The minimum atomic E-state index is 0.306. The van der Waals surface area contributed by atoms with E-state index >= 15 is 0 Å². The zero-order valence-electron chi connectivity index (χ0n) is 11.9. The molecule has 1 rings (SSSR count). The topological polar surface area (TPSA) is 12.0 Å². The van der Waals surface area contributed by atoms with Crippen molar-refractivity contribution in [3.8, 4) is 0 Å². The van der Waals surface area contributed by atoms with Crippen molar-refractivity contribution >= 4 is 15.9 Å². The van der Waals surface area contributed by atoms with E-state index in [2.05, 4.69) is 66.3 Å². The number of hydrogen-bond acceptors (Lipinski definition) is 1. The van der Waals surface area contributed by atoms with Gasteiger partial charge in [-0.1, -0.05) is 61.7 Å². The Kier molecular flexibility index (Phi) is 6.95. The van der Waals surface area contributed by atoms with Gasteiger partial charge in [0.1, 0.15) is 0 Å². The van der Waals surface area contributed by atoms with E-state index in [4.69, 9.17) is 0 Å². The van der Waals surface area contributed by atoms with Crippen molar-refractivity contribution in [1.29, 1.82) is 0 Å². The number of hydrogen-bond donors (Lipinski definition) is 1. The molecule has 0 unspecified atom stereocenters. The lowest BCUT2D eigenvalue weighted by atomic mass is 9.73. The molecule has 1 nitrogen and oxygen atoms in total. The first kappa shape index (κ1) is 15.7. The van der Waals surface area contributed by atoms with E-state index in [9.17, 15) is 0 Å².